The first-order valence-electron chi connectivity index (χ1n) is 15.9. The number of allylic oxidation sites excluding steroid dienone is 2. The first kappa shape index (κ1) is 31.8. The Labute approximate surface area is 276 Å². The Morgan fingerprint density at radius 2 is 1.29 bits per heavy atom. The molecular formula is C34H32B2N2O10. The molecule has 244 valence electrons. The third kappa shape index (κ3) is 4.86. The SMILES string of the molecule is CCOc1cccc([C@H]2C3=CC[C@@H]4C(=O)N(c5cccc(B(O)O)c5)C(=O)[C@@H]4[C@@H]3C[C@H]3C(=O)N(c4cccc(B(O)O)c4)C(=O)[C@@H]23)c1O. The Morgan fingerprint density at radius 3 is 1.88 bits per heavy atom. The number of imide groups is 2. The van der Waals surface area contributed by atoms with Gasteiger partial charge in [-0.3, -0.25) is 29.0 Å². The van der Waals surface area contributed by atoms with Crippen molar-refractivity contribution in [3.8, 4) is 11.5 Å². The highest BCUT2D eigenvalue weighted by molar-refractivity contribution is 6.59. The van der Waals surface area contributed by atoms with Gasteiger partial charge in [0.05, 0.1) is 41.7 Å². The minimum Gasteiger partial charge on any atom is -0.504 e. The summed E-state index contributed by atoms with van der Waals surface area (Å²) in [7, 11) is -3.63. The van der Waals surface area contributed by atoms with Crippen molar-refractivity contribution in [3.63, 3.8) is 0 Å². The second kappa shape index (κ2) is 12.0. The van der Waals surface area contributed by atoms with Crippen molar-refractivity contribution in [2.24, 2.45) is 29.6 Å². The Bertz CT molecular complexity index is 1880. The number of hydrogen-bond donors (Lipinski definition) is 5. The molecule has 3 aromatic carbocycles. The minimum absolute atomic E-state index is 0.0890. The van der Waals surface area contributed by atoms with E-state index in [9.17, 15) is 44.4 Å². The lowest BCUT2D eigenvalue weighted by Gasteiger charge is -2.44. The number of aromatic hydroxyl groups is 1. The summed E-state index contributed by atoms with van der Waals surface area (Å²) >= 11 is 0. The highest BCUT2D eigenvalue weighted by Crippen LogP contribution is 2.59. The number of carbonyl (C=O) groups excluding carboxylic acids is 4. The van der Waals surface area contributed by atoms with Crippen molar-refractivity contribution in [1.29, 1.82) is 0 Å². The van der Waals surface area contributed by atoms with Crippen LogP contribution in [0.4, 0.5) is 11.4 Å². The molecule has 3 aromatic rings. The monoisotopic (exact) mass is 650 g/mol. The molecule has 0 unspecified atom stereocenters. The second-order valence-electron chi connectivity index (χ2n) is 12.6. The predicted molar refractivity (Wildman–Crippen MR) is 174 cm³/mol. The Hall–Kier alpha value is -4.75. The fourth-order valence-electron chi connectivity index (χ4n) is 8.16. The summed E-state index contributed by atoms with van der Waals surface area (Å²) in [5, 5.41) is 50.4. The number of amides is 4. The molecular weight excluding hydrogens is 618 g/mol. The van der Waals surface area contributed by atoms with Crippen LogP contribution < -0.4 is 25.5 Å². The first-order valence-corrected chi connectivity index (χ1v) is 15.9. The zero-order valence-corrected chi connectivity index (χ0v) is 25.8. The number of carbonyl (C=O) groups is 4. The van der Waals surface area contributed by atoms with E-state index in [-0.39, 0.29) is 53.2 Å². The summed E-state index contributed by atoms with van der Waals surface area (Å²) in [6.45, 7) is 2.03. The molecule has 7 rings (SSSR count). The van der Waals surface area contributed by atoms with Gasteiger partial charge in [-0.1, -0.05) is 48.0 Å². The average Bonchev–Trinajstić information content (AvgIpc) is 3.48. The molecule has 5 N–H and O–H groups in total. The molecule has 1 saturated carbocycles. The maximum absolute atomic E-state index is 14.3. The summed E-state index contributed by atoms with van der Waals surface area (Å²) in [6.07, 6.45) is 2.12. The number of phenolic OH excluding ortho intramolecular Hbond substituents is 1. The molecule has 3 fully saturated rings. The number of fused-ring (bicyclic) bond motifs is 4. The Morgan fingerprint density at radius 1 is 0.729 bits per heavy atom. The number of nitrogens with zero attached hydrogens (tertiary/aromatic N) is 2. The van der Waals surface area contributed by atoms with Crippen LogP contribution in [0.15, 0.2) is 78.4 Å². The third-order valence-electron chi connectivity index (χ3n) is 10.2. The van der Waals surface area contributed by atoms with Crippen LogP contribution in [0.3, 0.4) is 0 Å². The molecule has 0 bridgehead atoms. The van der Waals surface area contributed by atoms with Gasteiger partial charge in [0.15, 0.2) is 11.5 Å². The molecule has 0 aromatic heterocycles. The molecule has 4 aliphatic rings. The van der Waals surface area contributed by atoms with E-state index in [1.807, 2.05) is 6.08 Å². The van der Waals surface area contributed by atoms with Crippen molar-refractivity contribution < 1.29 is 49.1 Å². The number of rotatable bonds is 7. The molecule has 2 aliphatic heterocycles. The number of anilines is 2. The highest BCUT2D eigenvalue weighted by Gasteiger charge is 2.62. The molecule has 48 heavy (non-hydrogen) atoms. The van der Waals surface area contributed by atoms with Gasteiger partial charge in [-0.25, -0.2) is 0 Å². The molecule has 12 nitrogen and oxygen atoms in total. The van der Waals surface area contributed by atoms with Gasteiger partial charge in [0.1, 0.15) is 0 Å². The fourth-order valence-corrected chi connectivity index (χ4v) is 8.16. The van der Waals surface area contributed by atoms with Gasteiger partial charge in [0.25, 0.3) is 0 Å². The molecule has 4 amide bonds. The average molecular weight is 650 g/mol. The van der Waals surface area contributed by atoms with Crippen LogP contribution in [0.5, 0.6) is 11.5 Å². The molecule has 2 heterocycles. The van der Waals surface area contributed by atoms with Gasteiger partial charge >= 0.3 is 14.2 Å². The topological polar surface area (TPSA) is 185 Å². The van der Waals surface area contributed by atoms with Crippen molar-refractivity contribution in [1.82, 2.24) is 0 Å². The van der Waals surface area contributed by atoms with Gasteiger partial charge < -0.3 is 29.9 Å². The van der Waals surface area contributed by atoms with Crippen LogP contribution >= 0.6 is 0 Å². The second-order valence-corrected chi connectivity index (χ2v) is 12.6. The normalized spacial score (nSPS) is 26.2. The molecule has 2 saturated heterocycles. The van der Waals surface area contributed by atoms with Crippen molar-refractivity contribution >= 4 is 60.2 Å². The predicted octanol–water partition coefficient (Wildman–Crippen LogP) is 0.196. The maximum atomic E-state index is 14.3. The molecule has 14 heteroatoms. The van der Waals surface area contributed by atoms with Gasteiger partial charge in [0.2, 0.25) is 23.6 Å². The molecule has 2 aliphatic carbocycles. The number of benzene rings is 3. The number of para-hydroxylation sites is 1. The van der Waals surface area contributed by atoms with Crippen LogP contribution in [0, 0.1) is 29.6 Å². The van der Waals surface area contributed by atoms with Crippen LogP contribution in [-0.2, 0) is 19.2 Å². The zero-order valence-electron chi connectivity index (χ0n) is 25.8. The lowest BCUT2D eigenvalue weighted by molar-refractivity contribution is -0.126. The molecule has 0 radical (unpaired) electrons. The van der Waals surface area contributed by atoms with Gasteiger partial charge in [-0.2, -0.15) is 0 Å². The Kier molecular flexibility index (Phi) is 7.99. The third-order valence-corrected chi connectivity index (χ3v) is 10.2. The van der Waals surface area contributed by atoms with E-state index in [4.69, 9.17) is 4.74 Å². The lowest BCUT2D eigenvalue weighted by atomic mass is 9.57. The van der Waals surface area contributed by atoms with Crippen molar-refractivity contribution in [3.05, 3.63) is 83.9 Å². The van der Waals surface area contributed by atoms with Gasteiger partial charge in [-0.05, 0) is 66.9 Å². The largest absolute Gasteiger partial charge is 0.504 e. The van der Waals surface area contributed by atoms with Crippen LogP contribution in [-0.4, -0.2) is 69.7 Å². The van der Waals surface area contributed by atoms with E-state index in [2.05, 4.69) is 0 Å². The van der Waals surface area contributed by atoms with Crippen LogP contribution in [0.25, 0.3) is 0 Å². The van der Waals surface area contributed by atoms with Crippen LogP contribution in [0.1, 0.15) is 31.2 Å². The van der Waals surface area contributed by atoms with Crippen LogP contribution in [0.2, 0.25) is 0 Å². The smallest absolute Gasteiger partial charge is 0.488 e. The number of ether oxygens (including phenoxy) is 1. The quantitative estimate of drug-likeness (QED) is 0.134. The first-order chi connectivity index (χ1) is 23.0. The lowest BCUT2D eigenvalue weighted by Crippen LogP contribution is -2.43. The zero-order chi connectivity index (χ0) is 34.0. The van der Waals surface area contributed by atoms with Gasteiger partial charge in [0, 0.05) is 11.5 Å². The maximum Gasteiger partial charge on any atom is 0.488 e. The number of phenols is 1. The summed E-state index contributed by atoms with van der Waals surface area (Å²) in [5.41, 5.74) is 1.59. The highest BCUT2D eigenvalue weighted by atomic mass is 16.5. The molecule has 0 spiro atoms. The fraction of sp³-hybridized carbons (Fsp3) is 0.294. The van der Waals surface area contributed by atoms with E-state index in [1.165, 1.54) is 42.5 Å². The summed E-state index contributed by atoms with van der Waals surface area (Å²) < 4.78 is 5.66. The van der Waals surface area contributed by atoms with E-state index >= 15 is 0 Å². The van der Waals surface area contributed by atoms with E-state index in [0.717, 1.165) is 9.80 Å². The molecule has 6 atom stereocenters. The Balaban J connectivity index is 1.34. The van der Waals surface area contributed by atoms with E-state index in [0.29, 0.717) is 11.1 Å². The summed E-state index contributed by atoms with van der Waals surface area (Å²) in [6, 6.07) is 16.7. The standard InChI is InChI=1S/C34H32B2N2O10/c1-2-48-26-11-5-10-22(30(26)39)27-21-12-13-23-28(33(42)37(31(23)40)19-8-3-6-17(14-19)35(44)45)24(21)16-25-29(27)34(43)38(32(25)41)20-9-4-7-18(15-20)36(46)47/h3-12,14-15,23-25,27-29,39,44-47H,2,13,16H2,1H3/t23-,24+,25+,27+,28-,29+/m0/s1. The minimum atomic E-state index is -1.83. The number of hydrogen-bond acceptors (Lipinski definition) is 10. The summed E-state index contributed by atoms with van der Waals surface area (Å²) in [4.78, 5) is 58.7. The van der Waals surface area contributed by atoms with E-state index < -0.39 is 73.4 Å². The summed E-state index contributed by atoms with van der Waals surface area (Å²) in [5.74, 6) is -6.97. The van der Waals surface area contributed by atoms with Crippen molar-refractivity contribution in [2.45, 2.75) is 25.7 Å². The van der Waals surface area contributed by atoms with E-state index in [1.54, 1.807) is 31.2 Å². The van der Waals surface area contributed by atoms with Crippen molar-refractivity contribution in [2.75, 3.05) is 16.4 Å². The van der Waals surface area contributed by atoms with Gasteiger partial charge in [-0.15, -0.1) is 0 Å².